The molecule has 7 heteroatoms. The van der Waals surface area contributed by atoms with E-state index < -0.39 is 6.04 Å². The number of hydrogen-bond donors (Lipinski definition) is 0. The van der Waals surface area contributed by atoms with Crippen LogP contribution in [0.5, 0.6) is 5.75 Å². The number of amides is 4. The zero-order valence-corrected chi connectivity index (χ0v) is 14.9. The minimum atomic E-state index is -0.662. The summed E-state index contributed by atoms with van der Waals surface area (Å²) in [6.45, 7) is 0.919. The molecular weight excluding hydrogens is 346 g/mol. The van der Waals surface area contributed by atoms with Crippen molar-refractivity contribution in [2.24, 2.45) is 0 Å². The standard InChI is InChI=1S/C20H19N3O4/c1-27-16-9-5-8-15(12-16)23-19(25)17-13-21(10-11-22(17)20(23)26)18(24)14-6-3-2-4-7-14/h2-9,12,17H,10-11,13H2,1H3/t17-/m1/s1. The van der Waals surface area contributed by atoms with Crippen LogP contribution in [0.25, 0.3) is 0 Å². The largest absolute Gasteiger partial charge is 0.497 e. The summed E-state index contributed by atoms with van der Waals surface area (Å²) in [4.78, 5) is 42.8. The van der Waals surface area contributed by atoms with E-state index >= 15 is 0 Å². The number of benzene rings is 2. The third-order valence-corrected chi connectivity index (χ3v) is 4.94. The molecule has 2 aliphatic heterocycles. The molecule has 0 radical (unpaired) electrons. The Morgan fingerprint density at radius 2 is 1.81 bits per heavy atom. The first-order chi connectivity index (χ1) is 13.1. The van der Waals surface area contributed by atoms with Crippen LogP contribution < -0.4 is 9.64 Å². The van der Waals surface area contributed by atoms with Gasteiger partial charge in [0.15, 0.2) is 0 Å². The molecular formula is C20H19N3O4. The first-order valence-electron chi connectivity index (χ1n) is 8.73. The smallest absolute Gasteiger partial charge is 0.332 e. The second kappa shape index (κ2) is 6.75. The Kier molecular flexibility index (Phi) is 4.27. The molecule has 0 bridgehead atoms. The molecule has 0 spiro atoms. The maximum absolute atomic E-state index is 12.9. The predicted octanol–water partition coefficient (Wildman–Crippen LogP) is 1.99. The van der Waals surface area contributed by atoms with E-state index in [0.29, 0.717) is 30.1 Å². The number of piperazine rings is 1. The van der Waals surface area contributed by atoms with Crippen molar-refractivity contribution in [2.45, 2.75) is 6.04 Å². The van der Waals surface area contributed by atoms with E-state index in [0.717, 1.165) is 0 Å². The van der Waals surface area contributed by atoms with Crippen LogP contribution in [-0.4, -0.2) is 60.4 Å². The summed E-state index contributed by atoms with van der Waals surface area (Å²) in [6, 6.07) is 14.8. The van der Waals surface area contributed by atoms with Crippen LogP contribution >= 0.6 is 0 Å². The van der Waals surface area contributed by atoms with Crippen LogP contribution in [0.3, 0.4) is 0 Å². The van der Waals surface area contributed by atoms with Gasteiger partial charge in [-0.05, 0) is 24.3 Å². The number of hydrogen-bond acceptors (Lipinski definition) is 4. The summed E-state index contributed by atoms with van der Waals surface area (Å²) in [5.74, 6) is 0.119. The number of methoxy groups -OCH3 is 1. The highest BCUT2D eigenvalue weighted by Gasteiger charge is 2.49. The van der Waals surface area contributed by atoms with Gasteiger partial charge in [-0.3, -0.25) is 9.59 Å². The van der Waals surface area contributed by atoms with Gasteiger partial charge in [-0.15, -0.1) is 0 Å². The molecule has 0 N–H and O–H groups in total. The number of carbonyl (C=O) groups excluding carboxylic acids is 3. The number of carbonyl (C=O) groups is 3. The van der Waals surface area contributed by atoms with Gasteiger partial charge in [-0.1, -0.05) is 24.3 Å². The number of imide groups is 1. The van der Waals surface area contributed by atoms with Gasteiger partial charge in [0, 0.05) is 24.7 Å². The third kappa shape index (κ3) is 2.91. The normalized spacial score (nSPS) is 19.3. The Morgan fingerprint density at radius 3 is 2.56 bits per heavy atom. The zero-order chi connectivity index (χ0) is 19.0. The molecule has 2 aromatic carbocycles. The molecule has 2 fully saturated rings. The van der Waals surface area contributed by atoms with Crippen molar-refractivity contribution in [3.63, 3.8) is 0 Å². The monoisotopic (exact) mass is 365 g/mol. The van der Waals surface area contributed by atoms with Crippen molar-refractivity contribution in [1.29, 1.82) is 0 Å². The minimum Gasteiger partial charge on any atom is -0.497 e. The Balaban J connectivity index is 1.57. The lowest BCUT2D eigenvalue weighted by molar-refractivity contribution is -0.120. The van der Waals surface area contributed by atoms with E-state index in [4.69, 9.17) is 4.74 Å². The van der Waals surface area contributed by atoms with Crippen LogP contribution in [0.2, 0.25) is 0 Å². The van der Waals surface area contributed by atoms with Gasteiger partial charge < -0.3 is 14.5 Å². The highest BCUT2D eigenvalue weighted by molar-refractivity contribution is 6.21. The topological polar surface area (TPSA) is 70.2 Å². The first kappa shape index (κ1) is 17.1. The average Bonchev–Trinajstić information content (AvgIpc) is 2.98. The fourth-order valence-electron chi connectivity index (χ4n) is 3.53. The van der Waals surface area contributed by atoms with Crippen LogP contribution in [0.15, 0.2) is 54.6 Å². The number of nitrogens with zero attached hydrogens (tertiary/aromatic N) is 3. The summed E-state index contributed by atoms with van der Waals surface area (Å²) < 4.78 is 5.19. The average molecular weight is 365 g/mol. The molecule has 27 heavy (non-hydrogen) atoms. The van der Waals surface area contributed by atoms with E-state index in [1.807, 2.05) is 6.07 Å². The summed E-state index contributed by atoms with van der Waals surface area (Å²) in [5, 5.41) is 0. The third-order valence-electron chi connectivity index (χ3n) is 4.94. The van der Waals surface area contributed by atoms with Gasteiger partial charge in [-0.25, -0.2) is 9.69 Å². The molecule has 0 saturated carbocycles. The van der Waals surface area contributed by atoms with Crippen LogP contribution in [0.1, 0.15) is 10.4 Å². The summed E-state index contributed by atoms with van der Waals surface area (Å²) in [6.07, 6.45) is 0. The molecule has 4 amide bonds. The summed E-state index contributed by atoms with van der Waals surface area (Å²) in [7, 11) is 1.53. The second-order valence-corrected chi connectivity index (χ2v) is 6.48. The Labute approximate surface area is 156 Å². The molecule has 2 aromatic rings. The molecule has 2 aliphatic rings. The Hall–Kier alpha value is -3.35. The zero-order valence-electron chi connectivity index (χ0n) is 14.9. The van der Waals surface area contributed by atoms with Crippen LogP contribution in [0.4, 0.5) is 10.5 Å². The molecule has 2 heterocycles. The predicted molar refractivity (Wildman–Crippen MR) is 98.7 cm³/mol. The molecule has 0 unspecified atom stereocenters. The van der Waals surface area contributed by atoms with Gasteiger partial charge in [-0.2, -0.15) is 0 Å². The molecule has 4 rings (SSSR count). The van der Waals surface area contributed by atoms with Gasteiger partial charge in [0.05, 0.1) is 19.3 Å². The maximum Gasteiger partial charge on any atom is 0.332 e. The van der Waals surface area contributed by atoms with E-state index in [-0.39, 0.29) is 24.4 Å². The summed E-state index contributed by atoms with van der Waals surface area (Å²) in [5.41, 5.74) is 1.05. The van der Waals surface area contributed by atoms with Crippen molar-refractivity contribution >= 4 is 23.5 Å². The Morgan fingerprint density at radius 1 is 1.04 bits per heavy atom. The molecule has 0 aliphatic carbocycles. The van der Waals surface area contributed by atoms with Gasteiger partial charge in [0.2, 0.25) is 0 Å². The van der Waals surface area contributed by atoms with Crippen LogP contribution in [-0.2, 0) is 4.79 Å². The Bertz CT molecular complexity index is 899. The lowest BCUT2D eigenvalue weighted by Gasteiger charge is -2.35. The first-order valence-corrected chi connectivity index (χ1v) is 8.73. The highest BCUT2D eigenvalue weighted by Crippen LogP contribution is 2.30. The number of ether oxygens (including phenoxy) is 1. The van der Waals surface area contributed by atoms with Crippen molar-refractivity contribution in [1.82, 2.24) is 9.80 Å². The molecule has 0 aromatic heterocycles. The van der Waals surface area contributed by atoms with Gasteiger partial charge in [0.25, 0.3) is 11.8 Å². The molecule has 7 nitrogen and oxygen atoms in total. The van der Waals surface area contributed by atoms with Crippen molar-refractivity contribution in [3.05, 3.63) is 60.2 Å². The summed E-state index contributed by atoms with van der Waals surface area (Å²) >= 11 is 0. The number of urea groups is 1. The number of rotatable bonds is 3. The quantitative estimate of drug-likeness (QED) is 0.780. The second-order valence-electron chi connectivity index (χ2n) is 6.48. The van der Waals surface area contributed by atoms with E-state index in [1.165, 1.54) is 16.9 Å². The van der Waals surface area contributed by atoms with Crippen molar-refractivity contribution < 1.29 is 19.1 Å². The SMILES string of the molecule is COc1cccc(N2C(=O)[C@H]3CN(C(=O)c4ccccc4)CCN3C2=O)c1. The molecule has 1 atom stereocenters. The molecule has 2 saturated heterocycles. The van der Waals surface area contributed by atoms with Gasteiger partial charge >= 0.3 is 6.03 Å². The minimum absolute atomic E-state index is 0.129. The van der Waals surface area contributed by atoms with Crippen LogP contribution in [0, 0.1) is 0 Å². The maximum atomic E-state index is 12.9. The molecule has 138 valence electrons. The fraction of sp³-hybridized carbons (Fsp3) is 0.250. The van der Waals surface area contributed by atoms with E-state index in [2.05, 4.69) is 0 Å². The van der Waals surface area contributed by atoms with E-state index in [1.54, 1.807) is 53.4 Å². The lowest BCUT2D eigenvalue weighted by Crippen LogP contribution is -2.54. The number of fused-ring (bicyclic) bond motifs is 1. The van der Waals surface area contributed by atoms with Gasteiger partial charge in [0.1, 0.15) is 11.8 Å². The van der Waals surface area contributed by atoms with Crippen molar-refractivity contribution in [2.75, 3.05) is 31.6 Å². The van der Waals surface area contributed by atoms with Crippen molar-refractivity contribution in [3.8, 4) is 5.75 Å². The highest BCUT2D eigenvalue weighted by atomic mass is 16.5. The number of anilines is 1. The fourth-order valence-corrected chi connectivity index (χ4v) is 3.53. The lowest BCUT2D eigenvalue weighted by atomic mass is 10.1. The van der Waals surface area contributed by atoms with E-state index in [9.17, 15) is 14.4 Å².